The molecule has 0 fully saturated rings. The van der Waals surface area contributed by atoms with Crippen molar-refractivity contribution >= 4 is 28.6 Å². The van der Waals surface area contributed by atoms with E-state index in [1.54, 1.807) is 0 Å². The Hall–Kier alpha value is -2.70. The van der Waals surface area contributed by atoms with E-state index in [0.29, 0.717) is 22.7 Å². The topological polar surface area (TPSA) is 92.5 Å². The number of nitrogen functional groups attached to an aromatic ring is 1. The number of hydrogen-bond donors (Lipinski definition) is 3. The van der Waals surface area contributed by atoms with Gasteiger partial charge in [-0.1, -0.05) is 0 Å². The molecule has 0 radical (unpaired) electrons. The van der Waals surface area contributed by atoms with Crippen LogP contribution in [0.2, 0.25) is 0 Å². The molecule has 4 N–H and O–H groups in total. The van der Waals surface area contributed by atoms with Crippen molar-refractivity contribution in [3.63, 3.8) is 0 Å². The highest BCUT2D eigenvalue weighted by Crippen LogP contribution is 2.23. The molecule has 0 aliphatic carbocycles. The Morgan fingerprint density at radius 2 is 2.11 bits per heavy atom. The van der Waals surface area contributed by atoms with Gasteiger partial charge in [0.2, 0.25) is 5.95 Å². The number of H-pyrrole nitrogens is 1. The maximum Gasteiger partial charge on any atom is 0.224 e. The lowest BCUT2D eigenvalue weighted by molar-refractivity contribution is 0.627. The van der Waals surface area contributed by atoms with Gasteiger partial charge in [-0.15, -0.1) is 0 Å². The van der Waals surface area contributed by atoms with Crippen LogP contribution in [0.3, 0.4) is 0 Å². The summed E-state index contributed by atoms with van der Waals surface area (Å²) >= 11 is 0. The Kier molecular flexibility index (Phi) is 2.52. The van der Waals surface area contributed by atoms with Crippen molar-refractivity contribution in [1.82, 2.24) is 19.9 Å². The Labute approximate surface area is 107 Å². The fourth-order valence-corrected chi connectivity index (χ4v) is 1.89. The van der Waals surface area contributed by atoms with Crippen LogP contribution in [-0.2, 0) is 0 Å². The quantitative estimate of drug-likeness (QED) is 0.654. The molecule has 19 heavy (non-hydrogen) atoms. The molecule has 6 nitrogen and oxygen atoms in total. The molecule has 0 aliphatic rings. The van der Waals surface area contributed by atoms with E-state index >= 15 is 0 Å². The second-order valence-electron chi connectivity index (χ2n) is 4.17. The molecule has 1 aromatic carbocycles. The fourth-order valence-electron chi connectivity index (χ4n) is 1.89. The molecule has 0 saturated carbocycles. The molecule has 0 unspecified atom stereocenters. The average Bonchev–Trinajstić information content (AvgIpc) is 2.75. The summed E-state index contributed by atoms with van der Waals surface area (Å²) in [4.78, 5) is 15.0. The van der Waals surface area contributed by atoms with Crippen molar-refractivity contribution in [3.05, 3.63) is 35.9 Å². The number of aryl methyl sites for hydroxylation is 1. The van der Waals surface area contributed by atoms with Gasteiger partial charge < -0.3 is 16.0 Å². The Morgan fingerprint density at radius 3 is 2.89 bits per heavy atom. The number of nitrogens with one attached hydrogen (secondary N) is 2. The van der Waals surface area contributed by atoms with Gasteiger partial charge in [-0.25, -0.2) is 9.37 Å². The molecule has 96 valence electrons. The molecular weight excluding hydrogens is 247 g/mol. The number of imidazole rings is 1. The second kappa shape index (κ2) is 4.20. The van der Waals surface area contributed by atoms with Gasteiger partial charge in [-0.2, -0.15) is 9.97 Å². The minimum Gasteiger partial charge on any atom is -0.368 e. The summed E-state index contributed by atoms with van der Waals surface area (Å²) in [6.45, 7) is 1.81. The minimum atomic E-state index is -0.314. The van der Waals surface area contributed by atoms with Crippen LogP contribution < -0.4 is 11.1 Å². The first-order chi connectivity index (χ1) is 9.11. The molecule has 3 rings (SSSR count). The number of rotatable bonds is 2. The Balaban J connectivity index is 2.07. The largest absolute Gasteiger partial charge is 0.368 e. The van der Waals surface area contributed by atoms with E-state index in [1.165, 1.54) is 18.5 Å². The third kappa shape index (κ3) is 2.17. The molecule has 2 aromatic heterocycles. The normalized spacial score (nSPS) is 10.8. The smallest absolute Gasteiger partial charge is 0.224 e. The lowest BCUT2D eigenvalue weighted by Gasteiger charge is -2.08. The van der Waals surface area contributed by atoms with E-state index in [4.69, 9.17) is 5.73 Å². The molecule has 7 heteroatoms. The summed E-state index contributed by atoms with van der Waals surface area (Å²) in [5.74, 6) is 0.255. The van der Waals surface area contributed by atoms with E-state index in [1.807, 2.05) is 13.0 Å². The van der Waals surface area contributed by atoms with Crippen LogP contribution in [0.15, 0.2) is 24.5 Å². The summed E-state index contributed by atoms with van der Waals surface area (Å²) in [6, 6.07) is 4.64. The fraction of sp³-hybridized carbons (Fsp3) is 0.0833. The Morgan fingerprint density at radius 1 is 1.26 bits per heavy atom. The summed E-state index contributed by atoms with van der Waals surface area (Å²) in [6.07, 6.45) is 1.50. The zero-order valence-corrected chi connectivity index (χ0v) is 10.1. The Bertz CT molecular complexity index is 731. The van der Waals surface area contributed by atoms with E-state index < -0.39 is 0 Å². The molecule has 0 spiro atoms. The van der Waals surface area contributed by atoms with Gasteiger partial charge in [0.15, 0.2) is 11.5 Å². The first kappa shape index (κ1) is 11.4. The second-order valence-corrected chi connectivity index (χ2v) is 4.17. The average molecular weight is 258 g/mol. The van der Waals surface area contributed by atoms with Crippen LogP contribution in [-0.4, -0.2) is 19.9 Å². The zero-order valence-electron chi connectivity index (χ0n) is 10.1. The summed E-state index contributed by atoms with van der Waals surface area (Å²) in [7, 11) is 0. The van der Waals surface area contributed by atoms with Crippen LogP contribution in [0.5, 0.6) is 0 Å². The lowest BCUT2D eigenvalue weighted by atomic mass is 10.2. The first-order valence-electron chi connectivity index (χ1n) is 5.62. The number of anilines is 3. The number of nitrogens with two attached hydrogens (primary N) is 1. The number of benzene rings is 1. The van der Waals surface area contributed by atoms with Crippen molar-refractivity contribution in [2.45, 2.75) is 6.92 Å². The van der Waals surface area contributed by atoms with Crippen molar-refractivity contribution < 1.29 is 4.39 Å². The number of fused-ring (bicyclic) bond motifs is 1. The molecule has 0 saturated heterocycles. The van der Waals surface area contributed by atoms with Gasteiger partial charge >= 0.3 is 0 Å². The van der Waals surface area contributed by atoms with Gasteiger partial charge in [-0.05, 0) is 30.7 Å². The molecule has 0 aliphatic heterocycles. The first-order valence-corrected chi connectivity index (χ1v) is 5.62. The maximum atomic E-state index is 13.3. The number of hydrogen-bond acceptors (Lipinski definition) is 5. The number of halogens is 1. The third-order valence-corrected chi connectivity index (χ3v) is 2.61. The zero-order chi connectivity index (χ0) is 13.4. The highest BCUT2D eigenvalue weighted by atomic mass is 19.1. The number of nitrogens with zero attached hydrogens (tertiary/aromatic N) is 3. The number of aromatic amines is 1. The van der Waals surface area contributed by atoms with Gasteiger partial charge in [0, 0.05) is 5.69 Å². The van der Waals surface area contributed by atoms with E-state index in [2.05, 4.69) is 25.3 Å². The molecule has 0 bridgehead atoms. The minimum absolute atomic E-state index is 0.107. The van der Waals surface area contributed by atoms with Crippen LogP contribution >= 0.6 is 0 Å². The van der Waals surface area contributed by atoms with Crippen LogP contribution in [0, 0.1) is 12.7 Å². The molecule has 0 atom stereocenters. The van der Waals surface area contributed by atoms with Gasteiger partial charge in [0.1, 0.15) is 11.3 Å². The summed E-state index contributed by atoms with van der Waals surface area (Å²) in [5.41, 5.74) is 8.09. The molecule has 2 heterocycles. The standard InChI is InChI=1S/C12H11FN6/c1-6-2-7(13)4-8(3-6)17-11-9-10(16-5-15-9)18-12(14)19-11/h2-5H,1H3,(H4,14,15,16,17,18,19). The van der Waals surface area contributed by atoms with Crippen LogP contribution in [0.1, 0.15) is 5.56 Å². The van der Waals surface area contributed by atoms with Crippen LogP contribution in [0.4, 0.5) is 21.8 Å². The summed E-state index contributed by atoms with van der Waals surface area (Å²) < 4.78 is 13.3. The lowest BCUT2D eigenvalue weighted by Crippen LogP contribution is -2.01. The number of aromatic nitrogens is 4. The predicted octanol–water partition coefficient (Wildman–Crippen LogP) is 2.13. The van der Waals surface area contributed by atoms with Crippen molar-refractivity contribution in [3.8, 4) is 0 Å². The molecule has 3 aromatic rings. The monoisotopic (exact) mass is 258 g/mol. The predicted molar refractivity (Wildman–Crippen MR) is 70.5 cm³/mol. The highest BCUT2D eigenvalue weighted by Gasteiger charge is 2.09. The van der Waals surface area contributed by atoms with Gasteiger partial charge in [0.05, 0.1) is 6.33 Å². The van der Waals surface area contributed by atoms with Gasteiger partial charge in [-0.3, -0.25) is 0 Å². The SMILES string of the molecule is Cc1cc(F)cc(Nc2nc(N)nc3nc[nH]c23)c1. The van der Waals surface area contributed by atoms with Crippen molar-refractivity contribution in [1.29, 1.82) is 0 Å². The van der Waals surface area contributed by atoms with E-state index in [-0.39, 0.29) is 11.8 Å². The van der Waals surface area contributed by atoms with Crippen LogP contribution in [0.25, 0.3) is 11.2 Å². The maximum absolute atomic E-state index is 13.3. The van der Waals surface area contributed by atoms with E-state index in [0.717, 1.165) is 5.56 Å². The third-order valence-electron chi connectivity index (χ3n) is 2.61. The molecule has 0 amide bonds. The van der Waals surface area contributed by atoms with Crippen molar-refractivity contribution in [2.24, 2.45) is 0 Å². The molecular formula is C12H11FN6. The van der Waals surface area contributed by atoms with Gasteiger partial charge in [0.25, 0.3) is 0 Å². The van der Waals surface area contributed by atoms with Crippen molar-refractivity contribution in [2.75, 3.05) is 11.1 Å². The van der Waals surface area contributed by atoms with E-state index in [9.17, 15) is 4.39 Å². The highest BCUT2D eigenvalue weighted by molar-refractivity contribution is 5.85. The summed E-state index contributed by atoms with van der Waals surface area (Å²) in [5, 5.41) is 3.01.